The van der Waals surface area contributed by atoms with Gasteiger partial charge in [-0.3, -0.25) is 0 Å². The van der Waals surface area contributed by atoms with E-state index in [-0.39, 0.29) is 5.41 Å². The monoisotopic (exact) mass is 646 g/mol. The van der Waals surface area contributed by atoms with Crippen LogP contribution in [0.25, 0.3) is 98.0 Å². The Morgan fingerprint density at radius 2 is 0.784 bits per heavy atom. The third-order valence-electron chi connectivity index (χ3n) is 11.8. The predicted molar refractivity (Wildman–Crippen MR) is 220 cm³/mol. The van der Waals surface area contributed by atoms with Crippen LogP contribution in [0.5, 0.6) is 0 Å². The molecule has 0 bridgehead atoms. The molecule has 0 saturated carbocycles. The number of hydrogen-bond acceptors (Lipinski definition) is 0. The van der Waals surface area contributed by atoms with Gasteiger partial charge in [-0.2, -0.15) is 0 Å². The van der Waals surface area contributed by atoms with Crippen LogP contribution in [0.1, 0.15) is 25.0 Å². The lowest BCUT2D eigenvalue weighted by Crippen LogP contribution is -2.16. The van der Waals surface area contributed by atoms with E-state index >= 15 is 0 Å². The zero-order chi connectivity index (χ0) is 33.8. The smallest absolute Gasteiger partial charge is 0.0165 e. The molecule has 0 radical (unpaired) electrons. The highest BCUT2D eigenvalue weighted by Gasteiger charge is 2.38. The Balaban J connectivity index is 1.22. The van der Waals surface area contributed by atoms with Crippen molar-refractivity contribution in [2.45, 2.75) is 19.3 Å². The molecule has 0 aromatic heterocycles. The lowest BCUT2D eigenvalue weighted by Gasteiger charge is -2.26. The van der Waals surface area contributed by atoms with Crippen LogP contribution in [0.3, 0.4) is 0 Å². The number of rotatable bonds is 2. The van der Waals surface area contributed by atoms with Crippen molar-refractivity contribution < 1.29 is 0 Å². The molecule has 0 spiro atoms. The fourth-order valence-corrected chi connectivity index (χ4v) is 9.48. The maximum atomic E-state index is 2.43. The summed E-state index contributed by atoms with van der Waals surface area (Å²) in [5.41, 5.74) is 10.6. The third kappa shape index (κ3) is 3.96. The van der Waals surface area contributed by atoms with Gasteiger partial charge in [0.25, 0.3) is 0 Å². The van der Waals surface area contributed by atoms with Crippen molar-refractivity contribution in [3.8, 4) is 33.4 Å². The molecule has 0 aliphatic heterocycles. The van der Waals surface area contributed by atoms with E-state index in [1.165, 1.54) is 109 Å². The highest BCUT2D eigenvalue weighted by atomic mass is 14.4. The van der Waals surface area contributed by atoms with Crippen molar-refractivity contribution in [2.24, 2.45) is 0 Å². The second kappa shape index (κ2) is 10.4. The average molecular weight is 647 g/mol. The molecule has 10 aromatic carbocycles. The van der Waals surface area contributed by atoms with Crippen LogP contribution in [-0.4, -0.2) is 0 Å². The Morgan fingerprint density at radius 1 is 0.294 bits per heavy atom. The molecule has 10 aromatic rings. The summed E-state index contributed by atoms with van der Waals surface area (Å²) in [4.78, 5) is 0. The average Bonchev–Trinajstić information content (AvgIpc) is 3.40. The second-order valence-electron chi connectivity index (χ2n) is 14.8. The van der Waals surface area contributed by atoms with Crippen LogP contribution in [0, 0.1) is 0 Å². The second-order valence-corrected chi connectivity index (χ2v) is 14.8. The van der Waals surface area contributed by atoms with E-state index in [4.69, 9.17) is 0 Å². The normalized spacial score (nSPS) is 13.5. The van der Waals surface area contributed by atoms with Crippen LogP contribution >= 0.6 is 0 Å². The van der Waals surface area contributed by atoms with E-state index in [0.29, 0.717) is 0 Å². The van der Waals surface area contributed by atoms with Crippen LogP contribution in [0.15, 0.2) is 170 Å². The fraction of sp³-hybridized carbons (Fsp3) is 0.0588. The lowest BCUT2D eigenvalue weighted by atomic mass is 9.76. The number of benzene rings is 10. The predicted octanol–water partition coefficient (Wildman–Crippen LogP) is 14.2. The van der Waals surface area contributed by atoms with Gasteiger partial charge in [0.1, 0.15) is 0 Å². The van der Waals surface area contributed by atoms with Crippen molar-refractivity contribution in [3.63, 3.8) is 0 Å². The molecule has 238 valence electrons. The first-order valence-electron chi connectivity index (χ1n) is 18.0. The molecule has 0 fully saturated rings. The Hall–Kier alpha value is -6.24. The van der Waals surface area contributed by atoms with Crippen LogP contribution in [-0.2, 0) is 5.41 Å². The molecular weight excluding hydrogens is 613 g/mol. The van der Waals surface area contributed by atoms with E-state index in [1.807, 2.05) is 0 Å². The summed E-state index contributed by atoms with van der Waals surface area (Å²) >= 11 is 0. The van der Waals surface area contributed by atoms with E-state index in [9.17, 15) is 0 Å². The summed E-state index contributed by atoms with van der Waals surface area (Å²) in [5, 5.41) is 15.5. The minimum absolute atomic E-state index is 0.160. The van der Waals surface area contributed by atoms with Crippen molar-refractivity contribution in [2.75, 3.05) is 0 Å². The Kier molecular flexibility index (Phi) is 5.82. The third-order valence-corrected chi connectivity index (χ3v) is 11.8. The zero-order valence-electron chi connectivity index (χ0n) is 28.7. The van der Waals surface area contributed by atoms with E-state index in [1.54, 1.807) is 0 Å². The highest BCUT2D eigenvalue weighted by Crippen LogP contribution is 2.55. The fourth-order valence-electron chi connectivity index (χ4n) is 9.48. The van der Waals surface area contributed by atoms with Gasteiger partial charge >= 0.3 is 0 Å². The molecule has 0 heteroatoms. The first kappa shape index (κ1) is 28.6. The first-order valence-corrected chi connectivity index (χ1v) is 18.0. The molecule has 0 saturated heterocycles. The van der Waals surface area contributed by atoms with Gasteiger partial charge in [-0.1, -0.05) is 159 Å². The topological polar surface area (TPSA) is 0 Å². The van der Waals surface area contributed by atoms with Crippen molar-refractivity contribution in [1.29, 1.82) is 0 Å². The summed E-state index contributed by atoms with van der Waals surface area (Å²) in [5.74, 6) is 0. The summed E-state index contributed by atoms with van der Waals surface area (Å²) in [6.45, 7) is 4.83. The van der Waals surface area contributed by atoms with Crippen molar-refractivity contribution in [1.82, 2.24) is 0 Å². The molecule has 11 rings (SSSR count). The van der Waals surface area contributed by atoms with E-state index < -0.39 is 0 Å². The number of hydrogen-bond donors (Lipinski definition) is 0. The largest absolute Gasteiger partial charge is 0.0616 e. The molecule has 0 unspecified atom stereocenters. The minimum atomic E-state index is -0.160. The highest BCUT2D eigenvalue weighted by molar-refractivity contribution is 6.25. The van der Waals surface area contributed by atoms with Gasteiger partial charge in [0, 0.05) is 5.41 Å². The maximum Gasteiger partial charge on any atom is 0.0165 e. The molecule has 0 heterocycles. The molecule has 1 aliphatic carbocycles. The van der Waals surface area contributed by atoms with Crippen molar-refractivity contribution >= 4 is 64.6 Å². The molecule has 51 heavy (non-hydrogen) atoms. The maximum absolute atomic E-state index is 2.43. The molecule has 0 atom stereocenters. The van der Waals surface area contributed by atoms with Gasteiger partial charge in [-0.15, -0.1) is 0 Å². The van der Waals surface area contributed by atoms with Crippen LogP contribution in [0.4, 0.5) is 0 Å². The zero-order valence-corrected chi connectivity index (χ0v) is 28.7. The minimum Gasteiger partial charge on any atom is -0.0616 e. The van der Waals surface area contributed by atoms with Crippen LogP contribution in [0.2, 0.25) is 0 Å². The Bertz CT molecular complexity index is 3050. The standard InChI is InChI=1S/C51H34/c1-51(2)47-30-34-16-6-5-15-33(34)29-46(47)43-23-12-24-44(50(43)51)49-41-19-9-7-17-39(41)48(40-18-8-10-20-42(40)49)38-22-11-21-36-37(38)26-25-35-27-31-13-3-4-14-32(31)28-45(35)36/h3-30H,1-2H3. The SMILES string of the molecule is CC1(C)c2cc3ccccc3cc2-c2cccc(-c3c4ccccc4c(-c4cccc5c4ccc4cc6ccccc6cc45)c4ccccc34)c21. The summed E-state index contributed by atoms with van der Waals surface area (Å²) in [6.07, 6.45) is 0. The molecular formula is C51H34. The molecule has 0 amide bonds. The Labute approximate surface area is 297 Å². The summed E-state index contributed by atoms with van der Waals surface area (Å²) < 4.78 is 0. The van der Waals surface area contributed by atoms with E-state index in [0.717, 1.165) is 0 Å². The summed E-state index contributed by atoms with van der Waals surface area (Å²) in [6, 6.07) is 63.7. The first-order chi connectivity index (χ1) is 25.1. The van der Waals surface area contributed by atoms with Gasteiger partial charge in [-0.05, 0) is 133 Å². The van der Waals surface area contributed by atoms with E-state index in [2.05, 4.69) is 184 Å². The summed E-state index contributed by atoms with van der Waals surface area (Å²) in [7, 11) is 0. The molecule has 1 aliphatic rings. The van der Waals surface area contributed by atoms with Gasteiger partial charge in [0.05, 0.1) is 0 Å². The van der Waals surface area contributed by atoms with Gasteiger partial charge < -0.3 is 0 Å². The molecule has 0 nitrogen and oxygen atoms in total. The van der Waals surface area contributed by atoms with Gasteiger partial charge in [0.2, 0.25) is 0 Å². The lowest BCUT2D eigenvalue weighted by molar-refractivity contribution is 0.663. The van der Waals surface area contributed by atoms with Gasteiger partial charge in [0.15, 0.2) is 0 Å². The van der Waals surface area contributed by atoms with Gasteiger partial charge in [-0.25, -0.2) is 0 Å². The quantitative estimate of drug-likeness (QED) is 0.129. The van der Waals surface area contributed by atoms with Crippen LogP contribution < -0.4 is 0 Å². The molecule has 0 N–H and O–H groups in total. The van der Waals surface area contributed by atoms with Crippen molar-refractivity contribution in [3.05, 3.63) is 181 Å². The Morgan fingerprint density at radius 3 is 1.45 bits per heavy atom. The number of fused-ring (bicyclic) bond motifs is 10.